The first-order valence-electron chi connectivity index (χ1n) is 8.49. The Hall–Kier alpha value is -2.69. The molecule has 0 saturated carbocycles. The van der Waals surface area contributed by atoms with Gasteiger partial charge in [0.15, 0.2) is 0 Å². The molecular formula is C20H14N5NaO3S. The van der Waals surface area contributed by atoms with Crippen molar-refractivity contribution in [3.63, 3.8) is 0 Å². The summed E-state index contributed by atoms with van der Waals surface area (Å²) in [5, 5.41) is 8.79. The monoisotopic (exact) mass is 427 g/mol. The second kappa shape index (κ2) is 8.99. The van der Waals surface area contributed by atoms with Crippen LogP contribution >= 0.6 is 0 Å². The van der Waals surface area contributed by atoms with Crippen molar-refractivity contribution in [1.82, 2.24) is 9.97 Å². The first kappa shape index (κ1) is 22.0. The van der Waals surface area contributed by atoms with Crippen molar-refractivity contribution in [1.29, 1.82) is 0 Å². The van der Waals surface area contributed by atoms with E-state index in [4.69, 9.17) is 5.73 Å². The van der Waals surface area contributed by atoms with Crippen molar-refractivity contribution in [3.8, 4) is 11.3 Å². The van der Waals surface area contributed by atoms with Crippen molar-refractivity contribution in [2.75, 3.05) is 5.73 Å². The average molecular weight is 427 g/mol. The molecular weight excluding hydrogens is 413 g/mol. The average Bonchev–Trinajstić information content (AvgIpc) is 2.73. The van der Waals surface area contributed by atoms with E-state index in [0.29, 0.717) is 11.1 Å². The van der Waals surface area contributed by atoms with E-state index >= 15 is 0 Å². The largest absolute Gasteiger partial charge is 1.00 e. The SMILES string of the molecule is Nc1c(N=Nc2ccc(-c3cccnc3)nc2)cc(S(=O)(=O)[O-])c2ccccc12.[Na+]. The summed E-state index contributed by atoms with van der Waals surface area (Å²) in [7, 11) is -4.71. The molecule has 2 aromatic carbocycles. The third-order valence-corrected chi connectivity index (χ3v) is 5.15. The number of hydrogen-bond acceptors (Lipinski definition) is 8. The Morgan fingerprint density at radius 1 is 0.933 bits per heavy atom. The van der Waals surface area contributed by atoms with Crippen LogP contribution in [0.25, 0.3) is 22.0 Å². The Kier molecular flexibility index (Phi) is 6.59. The number of nitrogens with zero attached hydrogens (tertiary/aromatic N) is 4. The van der Waals surface area contributed by atoms with Crippen molar-refractivity contribution in [2.45, 2.75) is 4.90 Å². The molecule has 10 heteroatoms. The van der Waals surface area contributed by atoms with Gasteiger partial charge in [-0.3, -0.25) is 9.97 Å². The van der Waals surface area contributed by atoms with Gasteiger partial charge in [-0.05, 0) is 30.3 Å². The quantitative estimate of drug-likeness (QED) is 0.225. The van der Waals surface area contributed by atoms with E-state index < -0.39 is 10.1 Å². The second-order valence-corrected chi connectivity index (χ2v) is 7.50. The van der Waals surface area contributed by atoms with Gasteiger partial charge in [-0.1, -0.05) is 24.3 Å². The fourth-order valence-electron chi connectivity index (χ4n) is 2.88. The van der Waals surface area contributed by atoms with Crippen molar-refractivity contribution in [2.24, 2.45) is 10.2 Å². The first-order valence-corrected chi connectivity index (χ1v) is 9.89. The number of anilines is 1. The number of nitrogens with two attached hydrogens (primary N) is 1. The fraction of sp³-hybridized carbons (Fsp3) is 0. The first-order chi connectivity index (χ1) is 13.9. The molecule has 0 saturated heterocycles. The number of nitrogen functional groups attached to an aromatic ring is 1. The van der Waals surface area contributed by atoms with E-state index in [1.165, 1.54) is 12.3 Å². The van der Waals surface area contributed by atoms with E-state index in [0.717, 1.165) is 17.3 Å². The van der Waals surface area contributed by atoms with Gasteiger partial charge in [0.1, 0.15) is 21.5 Å². The molecule has 0 aliphatic rings. The number of hydrogen-bond donors (Lipinski definition) is 1. The Labute approximate surface area is 194 Å². The van der Waals surface area contributed by atoms with Crippen LogP contribution in [0.3, 0.4) is 0 Å². The Bertz CT molecular complexity index is 1330. The molecule has 4 rings (SSSR count). The molecule has 144 valence electrons. The zero-order valence-electron chi connectivity index (χ0n) is 15.9. The molecule has 0 fully saturated rings. The summed E-state index contributed by atoms with van der Waals surface area (Å²) in [5.74, 6) is 0. The molecule has 30 heavy (non-hydrogen) atoms. The predicted octanol–water partition coefficient (Wildman–Crippen LogP) is 1.20. The summed E-state index contributed by atoms with van der Waals surface area (Å²) in [6, 6.07) is 14.8. The second-order valence-electron chi connectivity index (χ2n) is 6.15. The molecule has 0 spiro atoms. The van der Waals surface area contributed by atoms with Crippen LogP contribution in [0, 0.1) is 0 Å². The van der Waals surface area contributed by atoms with Gasteiger partial charge in [-0.15, -0.1) is 10.2 Å². The smallest absolute Gasteiger partial charge is 0.744 e. The number of benzene rings is 2. The van der Waals surface area contributed by atoms with Crippen LogP contribution in [0.1, 0.15) is 0 Å². The van der Waals surface area contributed by atoms with Crippen LogP contribution in [-0.4, -0.2) is 22.9 Å². The molecule has 0 radical (unpaired) electrons. The van der Waals surface area contributed by atoms with Crippen LogP contribution in [0.4, 0.5) is 17.1 Å². The Morgan fingerprint density at radius 3 is 2.33 bits per heavy atom. The van der Waals surface area contributed by atoms with Gasteiger partial charge in [-0.25, -0.2) is 8.42 Å². The maximum absolute atomic E-state index is 11.7. The van der Waals surface area contributed by atoms with Crippen LogP contribution in [0.5, 0.6) is 0 Å². The van der Waals surface area contributed by atoms with E-state index in [9.17, 15) is 13.0 Å². The summed E-state index contributed by atoms with van der Waals surface area (Å²) in [6.45, 7) is 0. The van der Waals surface area contributed by atoms with Crippen LogP contribution in [0.15, 0.2) is 88.3 Å². The van der Waals surface area contributed by atoms with E-state index in [-0.39, 0.29) is 51.2 Å². The van der Waals surface area contributed by atoms with E-state index in [1.807, 2.05) is 12.1 Å². The van der Waals surface area contributed by atoms with Gasteiger partial charge in [0, 0.05) is 28.7 Å². The third-order valence-electron chi connectivity index (χ3n) is 4.27. The van der Waals surface area contributed by atoms with Gasteiger partial charge in [-0.2, -0.15) is 0 Å². The Morgan fingerprint density at radius 2 is 1.70 bits per heavy atom. The maximum atomic E-state index is 11.7. The molecule has 2 aromatic heterocycles. The number of aromatic nitrogens is 2. The maximum Gasteiger partial charge on any atom is 1.00 e. The number of azo groups is 1. The van der Waals surface area contributed by atoms with Gasteiger partial charge in [0.2, 0.25) is 0 Å². The molecule has 2 heterocycles. The van der Waals surface area contributed by atoms with Crippen LogP contribution in [0.2, 0.25) is 0 Å². The molecule has 0 atom stereocenters. The van der Waals surface area contributed by atoms with E-state index in [1.54, 1.807) is 42.7 Å². The van der Waals surface area contributed by atoms with Crippen molar-refractivity contribution >= 4 is 38.0 Å². The number of rotatable bonds is 4. The van der Waals surface area contributed by atoms with Gasteiger partial charge in [0.05, 0.1) is 22.5 Å². The molecule has 0 unspecified atom stereocenters. The minimum Gasteiger partial charge on any atom is -0.744 e. The zero-order chi connectivity index (χ0) is 20.4. The summed E-state index contributed by atoms with van der Waals surface area (Å²) in [6.07, 6.45) is 4.90. The molecule has 0 bridgehead atoms. The van der Waals surface area contributed by atoms with Gasteiger partial charge >= 0.3 is 29.6 Å². The summed E-state index contributed by atoms with van der Waals surface area (Å²) in [5.41, 5.74) is 8.47. The van der Waals surface area contributed by atoms with Crippen molar-refractivity contribution < 1.29 is 42.5 Å². The predicted molar refractivity (Wildman–Crippen MR) is 108 cm³/mol. The topological polar surface area (TPSA) is 134 Å². The molecule has 8 nitrogen and oxygen atoms in total. The molecule has 2 N–H and O–H groups in total. The number of pyridine rings is 2. The summed E-state index contributed by atoms with van der Waals surface area (Å²) >= 11 is 0. The number of fused-ring (bicyclic) bond motifs is 1. The van der Waals surface area contributed by atoms with Crippen LogP contribution in [-0.2, 0) is 10.1 Å². The fourth-order valence-corrected chi connectivity index (χ4v) is 3.59. The summed E-state index contributed by atoms with van der Waals surface area (Å²) in [4.78, 5) is 7.98. The zero-order valence-corrected chi connectivity index (χ0v) is 18.7. The standard InChI is InChI=1S/C20H15N5O3S.Na/c21-20-16-6-2-1-5-15(16)19(29(26,27)28)10-18(20)25-24-14-7-8-17(23-12-14)13-4-3-9-22-11-13;/h1-12H,21H2,(H,26,27,28);/q;+1/p-1. The van der Waals surface area contributed by atoms with Crippen LogP contribution < -0.4 is 35.3 Å². The minimum atomic E-state index is -4.71. The van der Waals surface area contributed by atoms with Gasteiger partial charge in [0.25, 0.3) is 0 Å². The van der Waals surface area contributed by atoms with Crippen molar-refractivity contribution in [3.05, 3.63) is 73.2 Å². The third kappa shape index (κ3) is 4.55. The minimum absolute atomic E-state index is 0. The molecule has 4 aromatic rings. The molecule has 0 aliphatic heterocycles. The van der Waals surface area contributed by atoms with E-state index in [2.05, 4.69) is 20.2 Å². The van der Waals surface area contributed by atoms with Gasteiger partial charge < -0.3 is 10.3 Å². The molecule has 0 aliphatic carbocycles. The normalized spacial score (nSPS) is 11.5. The summed E-state index contributed by atoms with van der Waals surface area (Å²) < 4.78 is 35.0. The Balaban J connectivity index is 0.00000256. The molecule has 0 amide bonds.